The molecule has 0 unspecified atom stereocenters. The van der Waals surface area contributed by atoms with Crippen molar-refractivity contribution in [3.63, 3.8) is 0 Å². The van der Waals surface area contributed by atoms with Gasteiger partial charge in [0.05, 0.1) is 6.07 Å². The van der Waals surface area contributed by atoms with E-state index in [0.717, 1.165) is 0 Å². The van der Waals surface area contributed by atoms with Gasteiger partial charge in [0, 0.05) is 6.92 Å². The number of rotatable bonds is 1. The molecule has 14 heavy (non-hydrogen) atoms. The van der Waals surface area contributed by atoms with E-state index in [4.69, 9.17) is 15.1 Å². The highest BCUT2D eigenvalue weighted by atomic mass is 16.6. The van der Waals surface area contributed by atoms with E-state index < -0.39 is 12.4 Å². The fourth-order valence-corrected chi connectivity index (χ4v) is 0.499. The zero-order valence-corrected chi connectivity index (χ0v) is 8.83. The average molecular weight is 201 g/mol. The van der Waals surface area contributed by atoms with Gasteiger partial charge >= 0.3 is 11.9 Å². The van der Waals surface area contributed by atoms with E-state index in [1.165, 1.54) is 13.0 Å². The van der Waals surface area contributed by atoms with Gasteiger partial charge in [-0.05, 0) is 20.8 Å². The van der Waals surface area contributed by atoms with Gasteiger partial charge in [-0.3, -0.25) is 9.59 Å². The molecule has 0 atom stereocenters. The molecule has 5 heteroatoms. The van der Waals surface area contributed by atoms with Crippen LogP contribution in [0.3, 0.4) is 0 Å². The maximum atomic E-state index is 10.2. The number of carbonyl (C=O) groups is 2. The molecule has 1 N–H and O–H groups in total. The number of nitriles is 1. The Bertz CT molecular complexity index is 234. The number of aliphatic carboxylic acids is 1. The largest absolute Gasteiger partial charge is 0.480 e. The van der Waals surface area contributed by atoms with E-state index in [1.54, 1.807) is 0 Å². The van der Waals surface area contributed by atoms with Crippen LogP contribution in [-0.4, -0.2) is 22.6 Å². The Hall–Kier alpha value is -1.57. The van der Waals surface area contributed by atoms with Crippen molar-refractivity contribution in [1.29, 1.82) is 5.26 Å². The predicted molar refractivity (Wildman–Crippen MR) is 49.4 cm³/mol. The normalized spacial score (nSPS) is 9.07. The van der Waals surface area contributed by atoms with Gasteiger partial charge < -0.3 is 9.84 Å². The third kappa shape index (κ3) is 22.4. The molecule has 0 bridgehead atoms. The van der Waals surface area contributed by atoms with Gasteiger partial charge in [-0.1, -0.05) is 0 Å². The zero-order chi connectivity index (χ0) is 11.8. The van der Waals surface area contributed by atoms with Crippen LogP contribution in [0.5, 0.6) is 0 Å². The van der Waals surface area contributed by atoms with E-state index in [2.05, 4.69) is 0 Å². The minimum absolute atomic E-state index is 0.225. The standard InChI is InChI=1S/C6H12O2.C3H3NO2/c1-5(7)8-6(2,3)4;4-2-1-3(5)6/h1-4H3;1H2,(H,5,6). The molecule has 80 valence electrons. The molecule has 0 saturated heterocycles. The summed E-state index contributed by atoms with van der Waals surface area (Å²) in [5.41, 5.74) is -0.328. The molecule has 0 aliphatic rings. The summed E-state index contributed by atoms with van der Waals surface area (Å²) < 4.78 is 4.80. The number of nitrogens with zero attached hydrogens (tertiary/aromatic N) is 1. The number of carboxylic acid groups (broad SMARTS) is 1. The van der Waals surface area contributed by atoms with Gasteiger partial charge in [-0.25, -0.2) is 0 Å². The lowest BCUT2D eigenvalue weighted by Gasteiger charge is -2.17. The molecule has 0 rings (SSSR count). The Kier molecular flexibility index (Phi) is 7.35. The Labute approximate surface area is 83.3 Å². The van der Waals surface area contributed by atoms with E-state index >= 15 is 0 Å². The minimum Gasteiger partial charge on any atom is -0.480 e. The van der Waals surface area contributed by atoms with Gasteiger partial charge in [0.2, 0.25) is 0 Å². The third-order valence-electron chi connectivity index (χ3n) is 0.680. The molecule has 0 heterocycles. The van der Waals surface area contributed by atoms with Crippen LogP contribution in [0.1, 0.15) is 34.1 Å². The number of ether oxygens (including phenoxy) is 1. The number of hydrogen-bond donors (Lipinski definition) is 1. The first kappa shape index (κ1) is 14.9. The number of carboxylic acids is 1. The van der Waals surface area contributed by atoms with Crippen LogP contribution in [0, 0.1) is 11.3 Å². The van der Waals surface area contributed by atoms with Crippen molar-refractivity contribution in [2.45, 2.75) is 39.7 Å². The third-order valence-corrected chi connectivity index (χ3v) is 0.680. The minimum atomic E-state index is -1.07. The van der Waals surface area contributed by atoms with Crippen molar-refractivity contribution in [1.82, 2.24) is 0 Å². The van der Waals surface area contributed by atoms with Crippen molar-refractivity contribution in [2.75, 3.05) is 0 Å². The van der Waals surface area contributed by atoms with Crippen molar-refractivity contribution in [2.24, 2.45) is 0 Å². The number of carbonyl (C=O) groups excluding carboxylic acids is 1. The summed E-state index contributed by atoms with van der Waals surface area (Å²) in [6.45, 7) is 6.93. The molecule has 0 radical (unpaired) electrons. The van der Waals surface area contributed by atoms with Crippen molar-refractivity contribution in [3.8, 4) is 6.07 Å². The Morgan fingerprint density at radius 1 is 1.43 bits per heavy atom. The van der Waals surface area contributed by atoms with Gasteiger partial charge in [0.25, 0.3) is 0 Å². The summed E-state index contributed by atoms with van der Waals surface area (Å²) in [6, 6.07) is 1.47. The Balaban J connectivity index is 0. The Morgan fingerprint density at radius 3 is 1.86 bits per heavy atom. The van der Waals surface area contributed by atoms with Crippen molar-refractivity contribution < 1.29 is 19.4 Å². The molecule has 0 fully saturated rings. The van der Waals surface area contributed by atoms with Crippen LogP contribution in [0.4, 0.5) is 0 Å². The molecule has 0 aliphatic carbocycles. The molecular weight excluding hydrogens is 186 g/mol. The first-order valence-corrected chi connectivity index (χ1v) is 3.97. The molecular formula is C9H15NO4. The van der Waals surface area contributed by atoms with E-state index in [-0.39, 0.29) is 11.6 Å². The molecule has 0 aromatic rings. The van der Waals surface area contributed by atoms with Gasteiger partial charge in [0.15, 0.2) is 0 Å². The monoisotopic (exact) mass is 201 g/mol. The smallest absolute Gasteiger partial charge is 0.317 e. The molecule has 0 amide bonds. The molecule has 5 nitrogen and oxygen atoms in total. The molecule has 0 spiro atoms. The second kappa shape index (κ2) is 6.89. The first-order chi connectivity index (χ1) is 6.19. The molecule has 0 aromatic carbocycles. The summed E-state index contributed by atoms with van der Waals surface area (Å²) in [7, 11) is 0. The highest BCUT2D eigenvalue weighted by Gasteiger charge is 2.11. The molecule has 0 aromatic heterocycles. The Morgan fingerprint density at radius 2 is 1.86 bits per heavy atom. The van der Waals surface area contributed by atoms with Gasteiger partial charge in [0.1, 0.15) is 12.0 Å². The average Bonchev–Trinajstić information content (AvgIpc) is 1.80. The van der Waals surface area contributed by atoms with Crippen LogP contribution in [0.2, 0.25) is 0 Å². The molecule has 0 saturated carbocycles. The lowest BCUT2D eigenvalue weighted by Crippen LogP contribution is -2.21. The SMILES string of the molecule is CC(=O)OC(C)(C)C.N#CCC(=O)O. The highest BCUT2D eigenvalue weighted by Crippen LogP contribution is 2.05. The van der Waals surface area contributed by atoms with Gasteiger partial charge in [-0.2, -0.15) is 5.26 Å². The van der Waals surface area contributed by atoms with E-state index in [0.29, 0.717) is 0 Å². The van der Waals surface area contributed by atoms with E-state index in [9.17, 15) is 9.59 Å². The fourth-order valence-electron chi connectivity index (χ4n) is 0.499. The van der Waals surface area contributed by atoms with Crippen LogP contribution in [0.25, 0.3) is 0 Å². The number of hydrogen-bond acceptors (Lipinski definition) is 4. The second-order valence-corrected chi connectivity index (χ2v) is 3.43. The summed E-state index contributed by atoms with van der Waals surface area (Å²) in [5, 5.41) is 15.3. The van der Waals surface area contributed by atoms with Crippen LogP contribution >= 0.6 is 0 Å². The van der Waals surface area contributed by atoms with Crippen LogP contribution in [-0.2, 0) is 14.3 Å². The maximum Gasteiger partial charge on any atom is 0.317 e. The summed E-state index contributed by atoms with van der Waals surface area (Å²) in [6.07, 6.45) is -0.403. The van der Waals surface area contributed by atoms with Crippen molar-refractivity contribution in [3.05, 3.63) is 0 Å². The van der Waals surface area contributed by atoms with Gasteiger partial charge in [-0.15, -0.1) is 0 Å². The molecule has 0 aliphatic heterocycles. The lowest BCUT2D eigenvalue weighted by molar-refractivity contribution is -0.151. The summed E-state index contributed by atoms with van der Waals surface area (Å²) in [4.78, 5) is 19.6. The van der Waals surface area contributed by atoms with Crippen molar-refractivity contribution >= 4 is 11.9 Å². The fraction of sp³-hybridized carbons (Fsp3) is 0.667. The second-order valence-electron chi connectivity index (χ2n) is 3.43. The topological polar surface area (TPSA) is 87.4 Å². The maximum absolute atomic E-state index is 10.2. The quantitative estimate of drug-likeness (QED) is 0.646. The predicted octanol–water partition coefficient (Wildman–Crippen LogP) is 1.33. The zero-order valence-electron chi connectivity index (χ0n) is 8.83. The number of esters is 1. The summed E-state index contributed by atoms with van der Waals surface area (Å²) >= 11 is 0. The summed E-state index contributed by atoms with van der Waals surface area (Å²) in [5.74, 6) is -1.30. The lowest BCUT2D eigenvalue weighted by atomic mass is 10.2. The van der Waals surface area contributed by atoms with Crippen LogP contribution in [0.15, 0.2) is 0 Å². The van der Waals surface area contributed by atoms with Crippen LogP contribution < -0.4 is 0 Å². The highest BCUT2D eigenvalue weighted by molar-refractivity contribution is 5.69. The van der Waals surface area contributed by atoms with E-state index in [1.807, 2.05) is 20.8 Å². The first-order valence-electron chi connectivity index (χ1n) is 3.97.